The van der Waals surface area contributed by atoms with E-state index >= 15 is 0 Å². The molecule has 4 heteroatoms. The van der Waals surface area contributed by atoms with Crippen LogP contribution >= 0.6 is 11.3 Å². The Bertz CT molecular complexity index is 406. The van der Waals surface area contributed by atoms with Crippen molar-refractivity contribution in [1.29, 1.82) is 0 Å². The number of thiazole rings is 1. The minimum atomic E-state index is 0.153. The second-order valence-corrected chi connectivity index (χ2v) is 7.80. The maximum absolute atomic E-state index is 4.77. The molecule has 0 bridgehead atoms. The predicted octanol–water partition coefficient (Wildman–Crippen LogP) is 3.51. The van der Waals surface area contributed by atoms with E-state index in [1.807, 2.05) is 0 Å². The molecule has 2 rings (SSSR count). The van der Waals surface area contributed by atoms with Crippen molar-refractivity contribution in [2.45, 2.75) is 53.1 Å². The SMILES string of the molecule is CC(C)C1CCN(c2nc(CNC(C)(C)C)cs2)C1. The van der Waals surface area contributed by atoms with Gasteiger partial charge in [0.25, 0.3) is 0 Å². The van der Waals surface area contributed by atoms with Gasteiger partial charge in [-0.05, 0) is 39.0 Å². The number of rotatable bonds is 4. The first-order valence-corrected chi connectivity index (χ1v) is 8.17. The summed E-state index contributed by atoms with van der Waals surface area (Å²) in [5.74, 6) is 1.62. The van der Waals surface area contributed by atoms with Gasteiger partial charge >= 0.3 is 0 Å². The first kappa shape index (κ1) is 14.8. The van der Waals surface area contributed by atoms with Gasteiger partial charge < -0.3 is 10.2 Å². The summed E-state index contributed by atoms with van der Waals surface area (Å²) in [6.07, 6.45) is 1.31. The largest absolute Gasteiger partial charge is 0.348 e. The highest BCUT2D eigenvalue weighted by molar-refractivity contribution is 7.13. The van der Waals surface area contributed by atoms with Crippen LogP contribution in [0.3, 0.4) is 0 Å². The summed E-state index contributed by atoms with van der Waals surface area (Å²) in [4.78, 5) is 7.23. The standard InChI is InChI=1S/C15H27N3S/c1-11(2)12-6-7-18(9-12)14-17-13(10-19-14)8-16-15(3,4)5/h10-12,16H,6-9H2,1-5H3. The third-order valence-electron chi connectivity index (χ3n) is 3.78. The van der Waals surface area contributed by atoms with Crippen molar-refractivity contribution < 1.29 is 0 Å². The average molecular weight is 281 g/mol. The van der Waals surface area contributed by atoms with E-state index in [4.69, 9.17) is 4.98 Å². The quantitative estimate of drug-likeness (QED) is 0.915. The van der Waals surface area contributed by atoms with E-state index < -0.39 is 0 Å². The van der Waals surface area contributed by atoms with Crippen LogP contribution in [0.15, 0.2) is 5.38 Å². The lowest BCUT2D eigenvalue weighted by molar-refractivity contribution is 0.421. The first-order chi connectivity index (χ1) is 8.85. The molecular weight excluding hydrogens is 254 g/mol. The smallest absolute Gasteiger partial charge is 0.185 e. The van der Waals surface area contributed by atoms with E-state index in [1.54, 1.807) is 11.3 Å². The van der Waals surface area contributed by atoms with Gasteiger partial charge in [0, 0.05) is 30.6 Å². The van der Waals surface area contributed by atoms with Crippen molar-refractivity contribution in [3.05, 3.63) is 11.1 Å². The molecule has 1 N–H and O–H groups in total. The lowest BCUT2D eigenvalue weighted by Crippen LogP contribution is -2.35. The predicted molar refractivity (Wildman–Crippen MR) is 83.9 cm³/mol. The monoisotopic (exact) mass is 281 g/mol. The van der Waals surface area contributed by atoms with Crippen LogP contribution in [0.2, 0.25) is 0 Å². The van der Waals surface area contributed by atoms with Crippen LogP contribution in [0.5, 0.6) is 0 Å². The molecule has 0 spiro atoms. The fraction of sp³-hybridized carbons (Fsp3) is 0.800. The summed E-state index contributed by atoms with van der Waals surface area (Å²) in [5, 5.41) is 6.89. The van der Waals surface area contributed by atoms with Crippen LogP contribution in [-0.2, 0) is 6.54 Å². The fourth-order valence-electron chi connectivity index (χ4n) is 2.38. The molecule has 0 radical (unpaired) electrons. The molecule has 0 aromatic carbocycles. The Morgan fingerprint density at radius 3 is 2.79 bits per heavy atom. The Balaban J connectivity index is 1.91. The first-order valence-electron chi connectivity index (χ1n) is 7.29. The molecule has 1 aromatic heterocycles. The van der Waals surface area contributed by atoms with E-state index in [0.29, 0.717) is 0 Å². The van der Waals surface area contributed by atoms with Gasteiger partial charge in [0.1, 0.15) is 0 Å². The second kappa shape index (κ2) is 5.80. The van der Waals surface area contributed by atoms with Crippen LogP contribution < -0.4 is 10.2 Å². The van der Waals surface area contributed by atoms with E-state index in [1.165, 1.54) is 30.3 Å². The summed E-state index contributed by atoms with van der Waals surface area (Å²) in [6.45, 7) is 14.4. The highest BCUT2D eigenvalue weighted by Gasteiger charge is 2.26. The molecule has 1 atom stereocenters. The number of aromatic nitrogens is 1. The van der Waals surface area contributed by atoms with Gasteiger partial charge in [0.15, 0.2) is 5.13 Å². The molecule has 3 nitrogen and oxygen atoms in total. The molecule has 108 valence electrons. The second-order valence-electron chi connectivity index (χ2n) is 6.96. The van der Waals surface area contributed by atoms with Gasteiger partial charge in [0.05, 0.1) is 5.69 Å². The van der Waals surface area contributed by atoms with E-state index in [-0.39, 0.29) is 5.54 Å². The lowest BCUT2D eigenvalue weighted by atomic mass is 9.95. The van der Waals surface area contributed by atoms with Crippen molar-refractivity contribution in [3.8, 4) is 0 Å². The summed E-state index contributed by atoms with van der Waals surface area (Å²) < 4.78 is 0. The van der Waals surface area contributed by atoms with Gasteiger partial charge in [-0.1, -0.05) is 13.8 Å². The molecule has 0 saturated carbocycles. The van der Waals surface area contributed by atoms with Crippen molar-refractivity contribution in [2.24, 2.45) is 11.8 Å². The third-order valence-corrected chi connectivity index (χ3v) is 4.73. The van der Waals surface area contributed by atoms with Gasteiger partial charge in [-0.25, -0.2) is 4.98 Å². The molecule has 1 saturated heterocycles. The minimum Gasteiger partial charge on any atom is -0.348 e. The van der Waals surface area contributed by atoms with E-state index in [9.17, 15) is 0 Å². The summed E-state index contributed by atoms with van der Waals surface area (Å²) in [7, 11) is 0. The van der Waals surface area contributed by atoms with Crippen molar-refractivity contribution >= 4 is 16.5 Å². The highest BCUT2D eigenvalue weighted by atomic mass is 32.1. The Kier molecular flexibility index (Phi) is 4.51. The van der Waals surface area contributed by atoms with Crippen LogP contribution in [0.4, 0.5) is 5.13 Å². The van der Waals surface area contributed by atoms with Gasteiger partial charge in [0.2, 0.25) is 0 Å². The van der Waals surface area contributed by atoms with Crippen LogP contribution in [-0.4, -0.2) is 23.6 Å². The average Bonchev–Trinajstić information content (AvgIpc) is 2.94. The van der Waals surface area contributed by atoms with Crippen LogP contribution in [0, 0.1) is 11.8 Å². The van der Waals surface area contributed by atoms with Crippen molar-refractivity contribution in [1.82, 2.24) is 10.3 Å². The summed E-state index contributed by atoms with van der Waals surface area (Å²) in [6, 6.07) is 0. The molecular formula is C15H27N3S. The molecule has 1 fully saturated rings. The minimum absolute atomic E-state index is 0.153. The Morgan fingerprint density at radius 1 is 1.47 bits per heavy atom. The van der Waals surface area contributed by atoms with Crippen LogP contribution in [0.25, 0.3) is 0 Å². The molecule has 1 aromatic rings. The van der Waals surface area contributed by atoms with E-state index in [0.717, 1.165) is 18.4 Å². The van der Waals surface area contributed by atoms with Crippen molar-refractivity contribution in [2.75, 3.05) is 18.0 Å². The number of anilines is 1. The third kappa shape index (κ3) is 4.18. The fourth-order valence-corrected chi connectivity index (χ4v) is 3.25. The zero-order valence-electron chi connectivity index (χ0n) is 12.9. The Hall–Kier alpha value is -0.610. The highest BCUT2D eigenvalue weighted by Crippen LogP contribution is 2.30. The van der Waals surface area contributed by atoms with Crippen LogP contribution in [0.1, 0.15) is 46.7 Å². The zero-order chi connectivity index (χ0) is 14.0. The van der Waals surface area contributed by atoms with Gasteiger partial charge in [-0.3, -0.25) is 0 Å². The molecule has 2 heterocycles. The Morgan fingerprint density at radius 2 is 2.21 bits per heavy atom. The van der Waals surface area contributed by atoms with E-state index in [2.05, 4.69) is 50.2 Å². The lowest BCUT2D eigenvalue weighted by Gasteiger charge is -2.19. The zero-order valence-corrected chi connectivity index (χ0v) is 13.7. The molecule has 0 amide bonds. The Labute approximate surface area is 121 Å². The van der Waals surface area contributed by atoms with Crippen molar-refractivity contribution in [3.63, 3.8) is 0 Å². The maximum Gasteiger partial charge on any atom is 0.185 e. The maximum atomic E-state index is 4.77. The number of hydrogen-bond donors (Lipinski definition) is 1. The normalized spacial score (nSPS) is 20.5. The summed E-state index contributed by atoms with van der Waals surface area (Å²) >= 11 is 1.79. The molecule has 19 heavy (non-hydrogen) atoms. The topological polar surface area (TPSA) is 28.2 Å². The van der Waals surface area contributed by atoms with Gasteiger partial charge in [-0.2, -0.15) is 0 Å². The number of nitrogens with one attached hydrogen (secondary N) is 1. The van der Waals surface area contributed by atoms with Gasteiger partial charge in [-0.15, -0.1) is 11.3 Å². The molecule has 1 aliphatic heterocycles. The molecule has 1 unspecified atom stereocenters. The molecule has 0 aliphatic carbocycles. The number of nitrogens with zero attached hydrogens (tertiary/aromatic N) is 2. The summed E-state index contributed by atoms with van der Waals surface area (Å²) in [5.41, 5.74) is 1.32. The molecule has 1 aliphatic rings. The number of hydrogen-bond acceptors (Lipinski definition) is 4.